The number of imidazole rings is 1. The van der Waals surface area contributed by atoms with E-state index in [1.807, 2.05) is 51.1 Å². The third-order valence-electron chi connectivity index (χ3n) is 4.87. The maximum absolute atomic E-state index is 12.6. The highest BCUT2D eigenvalue weighted by molar-refractivity contribution is 5.94. The minimum Gasteiger partial charge on any atom is -0.461 e. The highest BCUT2D eigenvalue weighted by Gasteiger charge is 2.36. The number of hydrogen-bond donors (Lipinski definition) is 1. The molecular weight excluding hydrogens is 386 g/mol. The van der Waals surface area contributed by atoms with Gasteiger partial charge in [0.2, 0.25) is 0 Å². The summed E-state index contributed by atoms with van der Waals surface area (Å²) in [5, 5.41) is 10.7. The minimum absolute atomic E-state index is 0.185. The molecule has 1 aromatic carbocycles. The SMILES string of the molecule is CCOC(=O)c1ncn(C2CN(C(=O)OC(C)(C)C)CCC2O)c1-c1ccccc1. The molecule has 0 spiro atoms. The highest BCUT2D eigenvalue weighted by Crippen LogP contribution is 2.31. The van der Waals surface area contributed by atoms with Crippen molar-refractivity contribution < 1.29 is 24.2 Å². The average molecular weight is 415 g/mol. The smallest absolute Gasteiger partial charge is 0.410 e. The van der Waals surface area contributed by atoms with E-state index in [0.717, 1.165) is 5.56 Å². The van der Waals surface area contributed by atoms with Crippen LogP contribution in [0.1, 0.15) is 50.6 Å². The van der Waals surface area contributed by atoms with Crippen molar-refractivity contribution in [2.75, 3.05) is 19.7 Å². The fourth-order valence-corrected chi connectivity index (χ4v) is 3.53. The van der Waals surface area contributed by atoms with Crippen LogP contribution in [0.2, 0.25) is 0 Å². The fraction of sp³-hybridized carbons (Fsp3) is 0.500. The Hall–Kier alpha value is -2.87. The Morgan fingerprint density at radius 1 is 1.23 bits per heavy atom. The van der Waals surface area contributed by atoms with Crippen LogP contribution in [0.15, 0.2) is 36.7 Å². The molecule has 1 aromatic heterocycles. The summed E-state index contributed by atoms with van der Waals surface area (Å²) in [6, 6.07) is 8.89. The number of carbonyl (C=O) groups excluding carboxylic acids is 2. The van der Waals surface area contributed by atoms with Gasteiger partial charge in [0.05, 0.1) is 30.8 Å². The van der Waals surface area contributed by atoms with Crippen LogP contribution >= 0.6 is 0 Å². The fourth-order valence-electron chi connectivity index (χ4n) is 3.53. The molecule has 2 atom stereocenters. The molecule has 1 aliphatic heterocycles. The molecule has 1 aliphatic rings. The third-order valence-corrected chi connectivity index (χ3v) is 4.87. The van der Waals surface area contributed by atoms with E-state index in [9.17, 15) is 14.7 Å². The topological polar surface area (TPSA) is 93.9 Å². The van der Waals surface area contributed by atoms with E-state index >= 15 is 0 Å². The van der Waals surface area contributed by atoms with E-state index in [0.29, 0.717) is 18.7 Å². The van der Waals surface area contributed by atoms with Crippen LogP contribution in [0, 0.1) is 0 Å². The van der Waals surface area contributed by atoms with Crippen LogP contribution in [-0.2, 0) is 9.47 Å². The summed E-state index contributed by atoms with van der Waals surface area (Å²) in [6.45, 7) is 8.06. The summed E-state index contributed by atoms with van der Waals surface area (Å²) in [5.41, 5.74) is 0.914. The molecule has 0 bridgehead atoms. The maximum atomic E-state index is 12.6. The lowest BCUT2D eigenvalue weighted by Gasteiger charge is -2.38. The van der Waals surface area contributed by atoms with E-state index < -0.39 is 29.8 Å². The van der Waals surface area contributed by atoms with Gasteiger partial charge in [-0.3, -0.25) is 0 Å². The Morgan fingerprint density at radius 2 is 1.93 bits per heavy atom. The first-order valence-electron chi connectivity index (χ1n) is 10.2. The number of ether oxygens (including phenoxy) is 2. The summed E-state index contributed by atoms with van der Waals surface area (Å²) < 4.78 is 12.4. The molecule has 1 amide bonds. The van der Waals surface area contributed by atoms with Gasteiger partial charge in [-0.25, -0.2) is 14.6 Å². The Balaban J connectivity index is 1.97. The molecule has 162 valence electrons. The van der Waals surface area contributed by atoms with Crippen LogP contribution < -0.4 is 0 Å². The van der Waals surface area contributed by atoms with Crippen molar-refractivity contribution in [2.45, 2.75) is 51.9 Å². The molecule has 2 unspecified atom stereocenters. The zero-order chi connectivity index (χ0) is 21.9. The number of likely N-dealkylation sites (tertiary alicyclic amines) is 1. The molecule has 3 rings (SSSR count). The summed E-state index contributed by atoms with van der Waals surface area (Å²) >= 11 is 0. The number of piperidine rings is 1. The number of hydrogen-bond acceptors (Lipinski definition) is 6. The number of aliphatic hydroxyl groups is 1. The second-order valence-electron chi connectivity index (χ2n) is 8.29. The van der Waals surface area contributed by atoms with Gasteiger partial charge in [-0.1, -0.05) is 30.3 Å². The molecule has 8 nitrogen and oxygen atoms in total. The van der Waals surface area contributed by atoms with Gasteiger partial charge in [0.1, 0.15) is 5.60 Å². The second-order valence-corrected chi connectivity index (χ2v) is 8.29. The van der Waals surface area contributed by atoms with Crippen LogP contribution in [0.4, 0.5) is 4.79 Å². The number of nitrogens with zero attached hydrogens (tertiary/aromatic N) is 3. The largest absolute Gasteiger partial charge is 0.461 e. The van der Waals surface area contributed by atoms with Gasteiger partial charge >= 0.3 is 12.1 Å². The minimum atomic E-state index is -0.699. The number of esters is 1. The number of aromatic nitrogens is 2. The van der Waals surface area contributed by atoms with Crippen molar-refractivity contribution in [1.29, 1.82) is 0 Å². The lowest BCUT2D eigenvalue weighted by atomic mass is 10.0. The lowest BCUT2D eigenvalue weighted by Crippen LogP contribution is -2.48. The van der Waals surface area contributed by atoms with Crippen LogP contribution in [0.25, 0.3) is 11.3 Å². The van der Waals surface area contributed by atoms with Gasteiger partial charge in [0.25, 0.3) is 0 Å². The first-order chi connectivity index (χ1) is 14.2. The molecule has 2 aromatic rings. The van der Waals surface area contributed by atoms with E-state index in [1.54, 1.807) is 16.4 Å². The van der Waals surface area contributed by atoms with Gasteiger partial charge in [-0.05, 0) is 34.1 Å². The first-order valence-corrected chi connectivity index (χ1v) is 10.2. The van der Waals surface area contributed by atoms with E-state index in [2.05, 4.69) is 4.98 Å². The molecule has 1 saturated heterocycles. The summed E-state index contributed by atoms with van der Waals surface area (Å²) in [7, 11) is 0. The van der Waals surface area contributed by atoms with Crippen molar-refractivity contribution in [2.24, 2.45) is 0 Å². The van der Waals surface area contributed by atoms with Crippen molar-refractivity contribution in [3.63, 3.8) is 0 Å². The Kier molecular flexibility index (Phi) is 6.45. The highest BCUT2D eigenvalue weighted by atomic mass is 16.6. The number of carbonyl (C=O) groups is 2. The second kappa shape index (κ2) is 8.87. The Bertz CT molecular complexity index is 888. The van der Waals surface area contributed by atoms with Crippen molar-refractivity contribution in [1.82, 2.24) is 14.5 Å². The predicted octanol–water partition coefficient (Wildman–Crippen LogP) is 3.27. The molecule has 1 fully saturated rings. The monoisotopic (exact) mass is 415 g/mol. The van der Waals surface area contributed by atoms with Gasteiger partial charge in [-0.15, -0.1) is 0 Å². The Morgan fingerprint density at radius 3 is 2.57 bits per heavy atom. The van der Waals surface area contributed by atoms with Crippen LogP contribution in [0.5, 0.6) is 0 Å². The molecule has 0 saturated carbocycles. The van der Waals surface area contributed by atoms with Gasteiger partial charge in [0.15, 0.2) is 5.69 Å². The molecule has 0 aliphatic carbocycles. The first kappa shape index (κ1) is 21.8. The third kappa shape index (κ3) is 4.81. The molecule has 0 radical (unpaired) electrons. The van der Waals surface area contributed by atoms with Gasteiger partial charge < -0.3 is 24.0 Å². The van der Waals surface area contributed by atoms with E-state index in [1.165, 1.54) is 6.33 Å². The molecule has 8 heteroatoms. The number of benzene rings is 1. The van der Waals surface area contributed by atoms with Crippen molar-refractivity contribution >= 4 is 12.1 Å². The van der Waals surface area contributed by atoms with E-state index in [-0.39, 0.29) is 18.8 Å². The van der Waals surface area contributed by atoms with Crippen LogP contribution in [-0.4, -0.2) is 63.0 Å². The zero-order valence-electron chi connectivity index (χ0n) is 17.9. The van der Waals surface area contributed by atoms with Crippen molar-refractivity contribution in [3.8, 4) is 11.3 Å². The lowest BCUT2D eigenvalue weighted by molar-refractivity contribution is -0.00529. The quantitative estimate of drug-likeness (QED) is 0.771. The zero-order valence-corrected chi connectivity index (χ0v) is 17.9. The predicted molar refractivity (Wildman–Crippen MR) is 111 cm³/mol. The van der Waals surface area contributed by atoms with E-state index in [4.69, 9.17) is 9.47 Å². The molecular formula is C22H29N3O5. The molecule has 1 N–H and O–H groups in total. The maximum Gasteiger partial charge on any atom is 0.410 e. The number of aliphatic hydroxyl groups excluding tert-OH is 1. The molecule has 30 heavy (non-hydrogen) atoms. The normalized spacial score (nSPS) is 19.4. The average Bonchev–Trinajstić information content (AvgIpc) is 3.13. The molecule has 2 heterocycles. The summed E-state index contributed by atoms with van der Waals surface area (Å²) in [5.74, 6) is -0.524. The van der Waals surface area contributed by atoms with Gasteiger partial charge in [0, 0.05) is 18.7 Å². The van der Waals surface area contributed by atoms with Gasteiger partial charge in [-0.2, -0.15) is 0 Å². The number of amides is 1. The van der Waals surface area contributed by atoms with Crippen molar-refractivity contribution in [3.05, 3.63) is 42.4 Å². The van der Waals surface area contributed by atoms with Crippen LogP contribution in [0.3, 0.4) is 0 Å². The standard InChI is InChI=1S/C22H29N3O5/c1-5-29-20(27)18-19(15-9-7-6-8-10-15)25(14-23-18)16-13-24(12-11-17(16)26)21(28)30-22(2,3)4/h6-10,14,16-17,26H,5,11-13H2,1-4H3. The summed E-state index contributed by atoms with van der Waals surface area (Å²) in [6.07, 6.45) is 0.799. The summed E-state index contributed by atoms with van der Waals surface area (Å²) in [4.78, 5) is 31.0. The Labute approximate surface area is 176 Å². The number of rotatable bonds is 4.